The Hall–Kier alpha value is -1.06. The lowest BCUT2D eigenvalue weighted by molar-refractivity contribution is 0.108. The zero-order chi connectivity index (χ0) is 14.5. The van der Waals surface area contributed by atoms with Crippen LogP contribution in [0, 0.1) is 0 Å². The van der Waals surface area contributed by atoms with Crippen LogP contribution in [0.1, 0.15) is 44.6 Å². The van der Waals surface area contributed by atoms with Crippen molar-refractivity contribution in [3.8, 4) is 5.75 Å². The Kier molecular flexibility index (Phi) is 9.98. The highest BCUT2D eigenvalue weighted by molar-refractivity contribution is 5.26. The lowest BCUT2D eigenvalue weighted by atomic mass is 10.2. The largest absolute Gasteiger partial charge is 0.494 e. The maximum Gasteiger partial charge on any atom is 0.119 e. The molecule has 0 unspecified atom stereocenters. The maximum atomic E-state index is 5.68. The van der Waals surface area contributed by atoms with Gasteiger partial charge < -0.3 is 14.2 Å². The van der Waals surface area contributed by atoms with Crippen LogP contribution >= 0.6 is 0 Å². The second kappa shape index (κ2) is 11.7. The van der Waals surface area contributed by atoms with E-state index < -0.39 is 0 Å². The van der Waals surface area contributed by atoms with E-state index in [1.54, 1.807) is 7.11 Å². The minimum absolute atomic E-state index is 0.670. The zero-order valence-electron chi connectivity index (χ0n) is 12.9. The number of methoxy groups -OCH3 is 1. The van der Waals surface area contributed by atoms with Crippen molar-refractivity contribution >= 4 is 0 Å². The molecule has 0 aromatic heterocycles. The molecule has 0 aliphatic rings. The number of rotatable bonds is 12. The van der Waals surface area contributed by atoms with Crippen LogP contribution in [-0.2, 0) is 16.1 Å². The van der Waals surface area contributed by atoms with Gasteiger partial charge in [0.1, 0.15) is 5.75 Å². The number of unbranched alkanes of at least 4 members (excludes halogenated alkanes) is 3. The van der Waals surface area contributed by atoms with Gasteiger partial charge in [-0.2, -0.15) is 0 Å². The monoisotopic (exact) mass is 280 g/mol. The smallest absolute Gasteiger partial charge is 0.119 e. The average Bonchev–Trinajstić information content (AvgIpc) is 2.49. The molecule has 0 N–H and O–H groups in total. The van der Waals surface area contributed by atoms with Gasteiger partial charge in [-0.3, -0.25) is 0 Å². The number of hydrogen-bond acceptors (Lipinski definition) is 3. The highest BCUT2D eigenvalue weighted by atomic mass is 16.5. The highest BCUT2D eigenvalue weighted by Gasteiger charge is 1.97. The van der Waals surface area contributed by atoms with Crippen LogP contribution in [0.4, 0.5) is 0 Å². The maximum absolute atomic E-state index is 5.68. The summed E-state index contributed by atoms with van der Waals surface area (Å²) in [7, 11) is 1.73. The summed E-state index contributed by atoms with van der Waals surface area (Å²) in [4.78, 5) is 0. The molecule has 0 aliphatic carbocycles. The standard InChI is InChI=1S/C17H28O3/c1-3-4-5-14-20-17-10-8-16(9-11-17)15-19-13-7-6-12-18-2/h8-11H,3-7,12-15H2,1-2H3. The van der Waals surface area contributed by atoms with Crippen molar-refractivity contribution in [3.63, 3.8) is 0 Å². The normalized spacial score (nSPS) is 10.7. The predicted octanol–water partition coefficient (Wildman–Crippen LogP) is 4.20. The SMILES string of the molecule is CCCCCOc1ccc(COCCCCOC)cc1. The van der Waals surface area contributed by atoms with Gasteiger partial charge in [0, 0.05) is 20.3 Å². The second-order valence-electron chi connectivity index (χ2n) is 4.95. The first-order chi connectivity index (χ1) is 9.86. The fraction of sp³-hybridized carbons (Fsp3) is 0.647. The Bertz CT molecular complexity index is 322. The van der Waals surface area contributed by atoms with Gasteiger partial charge in [-0.15, -0.1) is 0 Å². The molecule has 20 heavy (non-hydrogen) atoms. The Labute approximate surface area is 123 Å². The Morgan fingerprint density at radius 3 is 2.25 bits per heavy atom. The minimum Gasteiger partial charge on any atom is -0.494 e. The number of benzene rings is 1. The summed E-state index contributed by atoms with van der Waals surface area (Å²) in [6, 6.07) is 8.19. The van der Waals surface area contributed by atoms with Gasteiger partial charge in [0.05, 0.1) is 13.2 Å². The van der Waals surface area contributed by atoms with E-state index in [1.807, 2.05) is 12.1 Å². The first kappa shape index (κ1) is 17.0. The van der Waals surface area contributed by atoms with Gasteiger partial charge in [-0.05, 0) is 37.0 Å². The summed E-state index contributed by atoms with van der Waals surface area (Å²) in [6.07, 6.45) is 5.69. The Morgan fingerprint density at radius 1 is 0.850 bits per heavy atom. The van der Waals surface area contributed by atoms with Crippen molar-refractivity contribution in [2.75, 3.05) is 26.9 Å². The van der Waals surface area contributed by atoms with Crippen LogP contribution in [0.2, 0.25) is 0 Å². The third-order valence-corrected chi connectivity index (χ3v) is 3.10. The topological polar surface area (TPSA) is 27.7 Å². The van der Waals surface area contributed by atoms with E-state index in [9.17, 15) is 0 Å². The molecule has 0 spiro atoms. The summed E-state index contributed by atoms with van der Waals surface area (Å²) < 4.78 is 16.3. The molecular weight excluding hydrogens is 252 g/mol. The molecule has 0 heterocycles. The van der Waals surface area contributed by atoms with E-state index in [4.69, 9.17) is 14.2 Å². The molecule has 1 rings (SSSR count). The highest BCUT2D eigenvalue weighted by Crippen LogP contribution is 2.13. The fourth-order valence-corrected chi connectivity index (χ4v) is 1.86. The van der Waals surface area contributed by atoms with Crippen molar-refractivity contribution in [2.24, 2.45) is 0 Å². The Balaban J connectivity index is 2.12. The minimum atomic E-state index is 0.670. The molecule has 0 amide bonds. The van der Waals surface area contributed by atoms with Crippen LogP contribution in [0.3, 0.4) is 0 Å². The van der Waals surface area contributed by atoms with Crippen LogP contribution < -0.4 is 4.74 Å². The summed E-state index contributed by atoms with van der Waals surface area (Å²) in [5.74, 6) is 0.949. The summed E-state index contributed by atoms with van der Waals surface area (Å²) in [5, 5.41) is 0. The van der Waals surface area contributed by atoms with Gasteiger partial charge in [0.15, 0.2) is 0 Å². The van der Waals surface area contributed by atoms with Crippen molar-refractivity contribution in [1.82, 2.24) is 0 Å². The summed E-state index contributed by atoms with van der Waals surface area (Å²) in [5.41, 5.74) is 1.19. The molecule has 1 aromatic rings. The van der Waals surface area contributed by atoms with Crippen LogP contribution in [0.5, 0.6) is 5.75 Å². The van der Waals surface area contributed by atoms with Gasteiger partial charge in [-0.25, -0.2) is 0 Å². The molecule has 0 fully saturated rings. The number of hydrogen-bond donors (Lipinski definition) is 0. The molecule has 114 valence electrons. The first-order valence-corrected chi connectivity index (χ1v) is 7.65. The van der Waals surface area contributed by atoms with E-state index >= 15 is 0 Å². The van der Waals surface area contributed by atoms with Crippen LogP contribution in [0.15, 0.2) is 24.3 Å². The van der Waals surface area contributed by atoms with E-state index in [-0.39, 0.29) is 0 Å². The molecule has 0 saturated heterocycles. The second-order valence-corrected chi connectivity index (χ2v) is 4.95. The molecule has 3 nitrogen and oxygen atoms in total. The fourth-order valence-electron chi connectivity index (χ4n) is 1.86. The Morgan fingerprint density at radius 2 is 1.55 bits per heavy atom. The van der Waals surface area contributed by atoms with Crippen LogP contribution in [-0.4, -0.2) is 26.9 Å². The van der Waals surface area contributed by atoms with Gasteiger partial charge >= 0.3 is 0 Å². The molecule has 0 aliphatic heterocycles. The molecule has 3 heteroatoms. The van der Waals surface area contributed by atoms with Crippen molar-refractivity contribution in [3.05, 3.63) is 29.8 Å². The molecule has 0 radical (unpaired) electrons. The predicted molar refractivity (Wildman–Crippen MR) is 82.2 cm³/mol. The average molecular weight is 280 g/mol. The lowest BCUT2D eigenvalue weighted by Crippen LogP contribution is -1.99. The van der Waals surface area contributed by atoms with E-state index in [0.29, 0.717) is 6.61 Å². The number of ether oxygens (including phenoxy) is 3. The van der Waals surface area contributed by atoms with Crippen LogP contribution in [0.25, 0.3) is 0 Å². The molecule has 0 bridgehead atoms. The molecule has 0 atom stereocenters. The van der Waals surface area contributed by atoms with Gasteiger partial charge in [-0.1, -0.05) is 31.9 Å². The third kappa shape index (κ3) is 8.18. The third-order valence-electron chi connectivity index (χ3n) is 3.10. The summed E-state index contributed by atoms with van der Waals surface area (Å²) >= 11 is 0. The lowest BCUT2D eigenvalue weighted by Gasteiger charge is -2.07. The molecule has 0 saturated carbocycles. The van der Waals surface area contributed by atoms with Crippen molar-refractivity contribution in [1.29, 1.82) is 0 Å². The van der Waals surface area contributed by atoms with Gasteiger partial charge in [0.2, 0.25) is 0 Å². The first-order valence-electron chi connectivity index (χ1n) is 7.65. The zero-order valence-corrected chi connectivity index (χ0v) is 12.9. The van der Waals surface area contributed by atoms with Gasteiger partial charge in [0.25, 0.3) is 0 Å². The van der Waals surface area contributed by atoms with E-state index in [2.05, 4.69) is 19.1 Å². The summed E-state index contributed by atoms with van der Waals surface area (Å²) in [6.45, 7) is 5.28. The molecular formula is C17H28O3. The van der Waals surface area contributed by atoms with Crippen molar-refractivity contribution < 1.29 is 14.2 Å². The molecule has 1 aromatic carbocycles. The van der Waals surface area contributed by atoms with E-state index in [0.717, 1.165) is 44.8 Å². The quantitative estimate of drug-likeness (QED) is 0.537. The van der Waals surface area contributed by atoms with Crippen molar-refractivity contribution in [2.45, 2.75) is 45.6 Å². The van der Waals surface area contributed by atoms with E-state index in [1.165, 1.54) is 18.4 Å².